The molecule has 6 nitrogen and oxygen atoms in total. The lowest BCUT2D eigenvalue weighted by Crippen LogP contribution is -2.41. The number of nitrogens with zero attached hydrogens (tertiary/aromatic N) is 2. The minimum atomic E-state index is -3.62. The molecule has 0 spiro atoms. The lowest BCUT2D eigenvalue weighted by molar-refractivity contribution is -0.116. The molecule has 3 rings (SSSR count). The van der Waals surface area contributed by atoms with Gasteiger partial charge in [-0.25, -0.2) is 13.1 Å². The Morgan fingerprint density at radius 1 is 1.18 bits per heavy atom. The molecule has 1 heterocycles. The molecule has 1 N–H and O–H groups in total. The highest BCUT2D eigenvalue weighted by atomic mass is 32.2. The van der Waals surface area contributed by atoms with E-state index in [-0.39, 0.29) is 16.8 Å². The first kappa shape index (κ1) is 20.5. The Morgan fingerprint density at radius 3 is 2.54 bits per heavy atom. The summed E-state index contributed by atoms with van der Waals surface area (Å²) in [5.74, 6) is -0.0257. The fraction of sp³-hybridized carbons (Fsp3) is 0.381. The molecule has 0 aliphatic carbocycles. The first-order chi connectivity index (χ1) is 13.3. The molecule has 7 heteroatoms. The highest BCUT2D eigenvalue weighted by molar-refractivity contribution is 7.89. The second-order valence-corrected chi connectivity index (χ2v) is 9.14. The van der Waals surface area contributed by atoms with Crippen molar-refractivity contribution in [1.29, 1.82) is 0 Å². The van der Waals surface area contributed by atoms with Crippen LogP contribution in [0.25, 0.3) is 0 Å². The van der Waals surface area contributed by atoms with Crippen LogP contribution in [0.15, 0.2) is 53.4 Å². The van der Waals surface area contributed by atoms with Crippen LogP contribution in [0.5, 0.6) is 0 Å². The molecule has 2 aromatic rings. The Labute approximate surface area is 167 Å². The predicted molar refractivity (Wildman–Crippen MR) is 111 cm³/mol. The van der Waals surface area contributed by atoms with Crippen molar-refractivity contribution in [3.8, 4) is 0 Å². The van der Waals surface area contributed by atoms with Gasteiger partial charge in [0.1, 0.15) is 0 Å². The second kappa shape index (κ2) is 8.43. The molecular formula is C21H27N3O3S. The molecule has 28 heavy (non-hydrogen) atoms. The summed E-state index contributed by atoms with van der Waals surface area (Å²) in [6, 6.07) is 15.1. The molecule has 0 fully saturated rings. The summed E-state index contributed by atoms with van der Waals surface area (Å²) < 4.78 is 28.4. The zero-order chi connectivity index (χ0) is 20.3. The van der Waals surface area contributed by atoms with Gasteiger partial charge in [-0.1, -0.05) is 30.3 Å². The maximum atomic E-state index is 12.8. The number of carbonyl (C=O) groups is 1. The molecule has 150 valence electrons. The van der Waals surface area contributed by atoms with E-state index in [0.29, 0.717) is 19.5 Å². The third-order valence-corrected chi connectivity index (χ3v) is 6.61. The number of fused-ring (bicyclic) bond motifs is 1. The Morgan fingerprint density at radius 2 is 1.89 bits per heavy atom. The van der Waals surface area contributed by atoms with E-state index in [1.54, 1.807) is 23.1 Å². The van der Waals surface area contributed by atoms with E-state index in [0.717, 1.165) is 17.7 Å². The summed E-state index contributed by atoms with van der Waals surface area (Å²) in [6.45, 7) is 2.44. The lowest BCUT2D eigenvalue weighted by atomic mass is 10.1. The van der Waals surface area contributed by atoms with Crippen molar-refractivity contribution >= 4 is 21.6 Å². The van der Waals surface area contributed by atoms with Gasteiger partial charge < -0.3 is 9.80 Å². The van der Waals surface area contributed by atoms with E-state index in [2.05, 4.69) is 4.72 Å². The number of hydrogen-bond donors (Lipinski definition) is 1. The number of sulfonamides is 1. The molecular weight excluding hydrogens is 374 g/mol. The Balaban J connectivity index is 1.72. The van der Waals surface area contributed by atoms with Crippen LogP contribution in [0.4, 0.5) is 5.69 Å². The van der Waals surface area contributed by atoms with Crippen molar-refractivity contribution in [2.75, 3.05) is 32.1 Å². The molecule has 0 radical (unpaired) electrons. The number of likely N-dealkylation sites (N-methyl/N-ethyl adjacent to an activating group) is 1. The van der Waals surface area contributed by atoms with Gasteiger partial charge in [0.05, 0.1) is 4.90 Å². The zero-order valence-corrected chi connectivity index (χ0v) is 17.4. The molecule has 0 bridgehead atoms. The standard InChI is InChI=1S/C21H27N3O3S/c1-16(25)24-12-11-18-14-20(9-10-21(18)24)28(26,27)22-15-19(23(2)3)13-17-7-5-4-6-8-17/h4-10,14,19,22H,11-13,15H2,1-3H3/t19-/m0/s1. The smallest absolute Gasteiger partial charge is 0.240 e. The van der Waals surface area contributed by atoms with Gasteiger partial charge in [-0.15, -0.1) is 0 Å². The molecule has 1 amide bonds. The molecule has 1 aliphatic heterocycles. The van der Waals surface area contributed by atoms with Crippen LogP contribution in [0.1, 0.15) is 18.1 Å². The SMILES string of the molecule is CC(=O)N1CCc2cc(S(=O)(=O)NC[C@H](Cc3ccccc3)N(C)C)ccc21. The number of amides is 1. The Bertz CT molecular complexity index is 943. The van der Waals surface area contributed by atoms with Crippen molar-refractivity contribution in [3.05, 3.63) is 59.7 Å². The topological polar surface area (TPSA) is 69.7 Å². The molecule has 0 aromatic heterocycles. The van der Waals surface area contributed by atoms with Gasteiger partial charge in [0.25, 0.3) is 0 Å². The van der Waals surface area contributed by atoms with E-state index < -0.39 is 10.0 Å². The second-order valence-electron chi connectivity index (χ2n) is 7.37. The number of anilines is 1. The van der Waals surface area contributed by atoms with Crippen LogP contribution in [-0.2, 0) is 27.7 Å². The highest BCUT2D eigenvalue weighted by Crippen LogP contribution is 2.30. The number of hydrogen-bond acceptors (Lipinski definition) is 4. The van der Waals surface area contributed by atoms with Crippen molar-refractivity contribution < 1.29 is 13.2 Å². The Kier molecular flexibility index (Phi) is 6.17. The fourth-order valence-corrected chi connectivity index (χ4v) is 4.61. The molecule has 1 atom stereocenters. The average Bonchev–Trinajstić information content (AvgIpc) is 3.09. The maximum Gasteiger partial charge on any atom is 0.240 e. The van der Waals surface area contributed by atoms with Crippen molar-refractivity contribution in [3.63, 3.8) is 0 Å². The minimum absolute atomic E-state index is 0.0257. The van der Waals surface area contributed by atoms with Gasteiger partial charge >= 0.3 is 0 Å². The normalized spacial score (nSPS) is 14.9. The van der Waals surface area contributed by atoms with Crippen molar-refractivity contribution in [2.24, 2.45) is 0 Å². The number of benzene rings is 2. The van der Waals surface area contributed by atoms with E-state index in [1.165, 1.54) is 12.5 Å². The van der Waals surface area contributed by atoms with Gasteiger partial charge in [-0.2, -0.15) is 0 Å². The largest absolute Gasteiger partial charge is 0.312 e. The summed E-state index contributed by atoms with van der Waals surface area (Å²) in [5.41, 5.74) is 2.87. The van der Waals surface area contributed by atoms with E-state index in [1.807, 2.05) is 49.3 Å². The average molecular weight is 402 g/mol. The van der Waals surface area contributed by atoms with Gasteiger partial charge in [-0.05, 0) is 56.3 Å². The van der Waals surface area contributed by atoms with Gasteiger partial charge in [-0.3, -0.25) is 4.79 Å². The lowest BCUT2D eigenvalue weighted by Gasteiger charge is -2.25. The first-order valence-corrected chi connectivity index (χ1v) is 10.9. The van der Waals surface area contributed by atoms with Gasteiger partial charge in [0.2, 0.25) is 15.9 Å². The van der Waals surface area contributed by atoms with Crippen LogP contribution in [0.2, 0.25) is 0 Å². The quantitative estimate of drug-likeness (QED) is 0.771. The van der Waals surface area contributed by atoms with Gasteiger partial charge in [0, 0.05) is 31.7 Å². The summed E-state index contributed by atoms with van der Waals surface area (Å²) in [4.78, 5) is 15.6. The monoisotopic (exact) mass is 401 g/mol. The maximum absolute atomic E-state index is 12.8. The van der Waals surface area contributed by atoms with E-state index in [4.69, 9.17) is 0 Å². The first-order valence-electron chi connectivity index (χ1n) is 9.39. The molecule has 2 aromatic carbocycles. The predicted octanol–water partition coefficient (Wildman–Crippen LogP) is 2.05. The van der Waals surface area contributed by atoms with Gasteiger partial charge in [0.15, 0.2) is 0 Å². The number of carbonyl (C=O) groups excluding carboxylic acids is 1. The van der Waals surface area contributed by atoms with E-state index >= 15 is 0 Å². The van der Waals surface area contributed by atoms with Crippen LogP contribution < -0.4 is 9.62 Å². The van der Waals surface area contributed by atoms with Crippen LogP contribution >= 0.6 is 0 Å². The molecule has 0 saturated heterocycles. The van der Waals surface area contributed by atoms with Crippen molar-refractivity contribution in [1.82, 2.24) is 9.62 Å². The third kappa shape index (κ3) is 4.60. The third-order valence-electron chi connectivity index (χ3n) is 5.19. The highest BCUT2D eigenvalue weighted by Gasteiger charge is 2.25. The van der Waals surface area contributed by atoms with Crippen LogP contribution in [0.3, 0.4) is 0 Å². The fourth-order valence-electron chi connectivity index (χ4n) is 3.49. The summed E-state index contributed by atoms with van der Waals surface area (Å²) in [5, 5.41) is 0. The number of rotatable bonds is 7. The summed E-state index contributed by atoms with van der Waals surface area (Å²) in [6.07, 6.45) is 1.43. The Hall–Kier alpha value is -2.22. The summed E-state index contributed by atoms with van der Waals surface area (Å²) in [7, 11) is 0.284. The van der Waals surface area contributed by atoms with Crippen LogP contribution in [0, 0.1) is 0 Å². The molecule has 0 unspecified atom stereocenters. The van der Waals surface area contributed by atoms with E-state index in [9.17, 15) is 13.2 Å². The zero-order valence-electron chi connectivity index (χ0n) is 16.6. The van der Waals surface area contributed by atoms with Crippen molar-refractivity contribution in [2.45, 2.75) is 30.7 Å². The minimum Gasteiger partial charge on any atom is -0.312 e. The number of nitrogens with one attached hydrogen (secondary N) is 1. The van der Waals surface area contributed by atoms with Crippen LogP contribution in [-0.4, -0.2) is 52.5 Å². The molecule has 1 aliphatic rings. The molecule has 0 saturated carbocycles. The summed E-state index contributed by atoms with van der Waals surface area (Å²) >= 11 is 0.